The summed E-state index contributed by atoms with van der Waals surface area (Å²) >= 11 is 1.76. The fourth-order valence-corrected chi connectivity index (χ4v) is 5.80. The summed E-state index contributed by atoms with van der Waals surface area (Å²) in [5.41, 5.74) is 4.87. The second-order valence-electron chi connectivity index (χ2n) is 9.97. The third-order valence-corrected chi connectivity index (χ3v) is 8.03. The van der Waals surface area contributed by atoms with E-state index in [9.17, 15) is 0 Å². The summed E-state index contributed by atoms with van der Waals surface area (Å²) < 4.78 is 20.0. The van der Waals surface area contributed by atoms with E-state index in [2.05, 4.69) is 101 Å². The van der Waals surface area contributed by atoms with E-state index in [1.807, 2.05) is 18.2 Å². The maximum atomic E-state index is 6.69. The van der Waals surface area contributed by atoms with E-state index in [0.717, 1.165) is 25.1 Å². The Kier molecular flexibility index (Phi) is 9.75. The SMILES string of the molecule is C[C@@H]1[C@@H](OCc2ccccc2)[C@H](OCc2ccccc2)[C@@H](OCc2ccccc2)CN1CCc1ccsc1. The van der Waals surface area contributed by atoms with Gasteiger partial charge in [0.25, 0.3) is 0 Å². The van der Waals surface area contributed by atoms with Crippen LogP contribution in [0.25, 0.3) is 0 Å². The van der Waals surface area contributed by atoms with Crippen LogP contribution in [-0.4, -0.2) is 42.3 Å². The third-order valence-electron chi connectivity index (χ3n) is 7.30. The van der Waals surface area contributed by atoms with E-state index in [-0.39, 0.29) is 24.4 Å². The standard InChI is InChI=1S/C33H37NO3S/c1-26-32(36-23-28-13-7-3-8-14-28)33(37-24-29-15-9-4-10-16-29)31(35-22-27-11-5-2-6-12-27)21-34(26)19-17-30-18-20-38-25-30/h2-16,18,20,25-26,31-33H,17,19,21-24H2,1H3/t26-,31+,32-,33-/m1/s1. The number of likely N-dealkylation sites (tertiary alicyclic amines) is 1. The molecule has 0 aliphatic carbocycles. The molecular weight excluding hydrogens is 490 g/mol. The molecule has 0 bridgehead atoms. The fourth-order valence-electron chi connectivity index (χ4n) is 5.09. The molecule has 0 amide bonds. The second kappa shape index (κ2) is 13.8. The average Bonchev–Trinajstić information content (AvgIpc) is 3.50. The summed E-state index contributed by atoms with van der Waals surface area (Å²) in [5, 5.41) is 4.40. The van der Waals surface area contributed by atoms with Crippen molar-refractivity contribution in [1.82, 2.24) is 4.90 Å². The Morgan fingerprint density at radius 2 is 1.18 bits per heavy atom. The summed E-state index contributed by atoms with van der Waals surface area (Å²) in [4.78, 5) is 2.52. The van der Waals surface area contributed by atoms with Crippen LogP contribution in [0.5, 0.6) is 0 Å². The van der Waals surface area contributed by atoms with Gasteiger partial charge in [-0.25, -0.2) is 0 Å². The molecule has 1 aliphatic heterocycles. The first-order chi connectivity index (χ1) is 18.8. The van der Waals surface area contributed by atoms with E-state index in [0.29, 0.717) is 19.8 Å². The van der Waals surface area contributed by atoms with Crippen LogP contribution in [0.4, 0.5) is 0 Å². The van der Waals surface area contributed by atoms with Gasteiger partial charge >= 0.3 is 0 Å². The van der Waals surface area contributed by atoms with Gasteiger partial charge in [-0.1, -0.05) is 91.0 Å². The lowest BCUT2D eigenvalue weighted by atomic mass is 9.93. The van der Waals surface area contributed by atoms with Crippen molar-refractivity contribution < 1.29 is 14.2 Å². The van der Waals surface area contributed by atoms with Crippen molar-refractivity contribution in [2.24, 2.45) is 0 Å². The van der Waals surface area contributed by atoms with Crippen LogP contribution in [0.1, 0.15) is 29.2 Å². The number of hydrogen-bond acceptors (Lipinski definition) is 5. The Morgan fingerprint density at radius 3 is 1.71 bits per heavy atom. The van der Waals surface area contributed by atoms with E-state index in [4.69, 9.17) is 14.2 Å². The van der Waals surface area contributed by atoms with E-state index in [1.165, 1.54) is 16.7 Å². The van der Waals surface area contributed by atoms with Gasteiger partial charge in [0.2, 0.25) is 0 Å². The van der Waals surface area contributed by atoms with Crippen molar-refractivity contribution in [2.45, 2.75) is 57.5 Å². The quantitative estimate of drug-likeness (QED) is 0.204. The highest BCUT2D eigenvalue weighted by molar-refractivity contribution is 7.07. The van der Waals surface area contributed by atoms with Gasteiger partial charge in [0.1, 0.15) is 12.2 Å². The third kappa shape index (κ3) is 7.40. The van der Waals surface area contributed by atoms with Crippen LogP contribution in [0, 0.1) is 0 Å². The number of hydrogen-bond donors (Lipinski definition) is 0. The monoisotopic (exact) mass is 527 g/mol. The summed E-state index contributed by atoms with van der Waals surface area (Å²) in [6.07, 6.45) is 0.588. The van der Waals surface area contributed by atoms with E-state index in [1.54, 1.807) is 11.3 Å². The maximum absolute atomic E-state index is 6.69. The molecule has 0 spiro atoms. The number of ether oxygens (including phenoxy) is 3. The smallest absolute Gasteiger partial charge is 0.113 e. The van der Waals surface area contributed by atoms with E-state index >= 15 is 0 Å². The molecule has 4 nitrogen and oxygen atoms in total. The molecule has 38 heavy (non-hydrogen) atoms. The zero-order valence-corrected chi connectivity index (χ0v) is 22.8. The van der Waals surface area contributed by atoms with Crippen molar-refractivity contribution >= 4 is 11.3 Å². The van der Waals surface area contributed by atoms with Gasteiger partial charge in [-0.05, 0) is 52.4 Å². The van der Waals surface area contributed by atoms with Crippen LogP contribution < -0.4 is 0 Å². The summed E-state index contributed by atoms with van der Waals surface area (Å²) in [6, 6.07) is 33.6. The van der Waals surface area contributed by atoms with Crippen LogP contribution in [-0.2, 0) is 40.5 Å². The Labute approximate surface area is 230 Å². The Bertz CT molecular complexity index is 1190. The molecule has 0 N–H and O–H groups in total. The van der Waals surface area contributed by atoms with Gasteiger partial charge in [0.05, 0.1) is 25.9 Å². The van der Waals surface area contributed by atoms with Gasteiger partial charge in [-0.3, -0.25) is 4.90 Å². The molecule has 4 aromatic rings. The zero-order chi connectivity index (χ0) is 26.0. The van der Waals surface area contributed by atoms with Gasteiger partial charge in [-0.2, -0.15) is 11.3 Å². The minimum atomic E-state index is -0.185. The van der Waals surface area contributed by atoms with Crippen LogP contribution >= 0.6 is 11.3 Å². The molecule has 0 saturated carbocycles. The Morgan fingerprint density at radius 1 is 0.658 bits per heavy atom. The minimum Gasteiger partial charge on any atom is -0.369 e. The molecule has 1 aliphatic rings. The molecule has 198 valence electrons. The van der Waals surface area contributed by atoms with Crippen LogP contribution in [0.2, 0.25) is 0 Å². The summed E-state index contributed by atoms with van der Waals surface area (Å²) in [7, 11) is 0. The first-order valence-corrected chi connectivity index (χ1v) is 14.4. The molecule has 1 aromatic heterocycles. The molecule has 5 rings (SSSR count). The molecular formula is C33H37NO3S. The minimum absolute atomic E-state index is 0.113. The highest BCUT2D eigenvalue weighted by Gasteiger charge is 2.43. The maximum Gasteiger partial charge on any atom is 0.113 e. The second-order valence-corrected chi connectivity index (χ2v) is 10.8. The normalized spacial score (nSPS) is 21.9. The fraction of sp³-hybridized carbons (Fsp3) is 0.333. The van der Waals surface area contributed by atoms with Crippen molar-refractivity contribution in [2.75, 3.05) is 13.1 Å². The largest absolute Gasteiger partial charge is 0.369 e. The summed E-state index contributed by atoms with van der Waals surface area (Å²) in [5.74, 6) is 0. The van der Waals surface area contributed by atoms with Crippen LogP contribution in [0.3, 0.4) is 0 Å². The van der Waals surface area contributed by atoms with Gasteiger partial charge in [0, 0.05) is 19.1 Å². The topological polar surface area (TPSA) is 30.9 Å². The van der Waals surface area contributed by atoms with Gasteiger partial charge in [-0.15, -0.1) is 0 Å². The highest BCUT2D eigenvalue weighted by Crippen LogP contribution is 2.29. The Hall–Kier alpha value is -2.80. The molecule has 1 fully saturated rings. The number of benzene rings is 3. The molecule has 5 heteroatoms. The molecule has 1 saturated heterocycles. The number of nitrogens with zero attached hydrogens (tertiary/aromatic N) is 1. The van der Waals surface area contributed by atoms with E-state index < -0.39 is 0 Å². The van der Waals surface area contributed by atoms with Crippen LogP contribution in [0.15, 0.2) is 108 Å². The van der Waals surface area contributed by atoms with Gasteiger partial charge in [0.15, 0.2) is 0 Å². The molecule has 0 unspecified atom stereocenters. The number of thiophene rings is 1. The van der Waals surface area contributed by atoms with Gasteiger partial charge < -0.3 is 14.2 Å². The predicted octanol–water partition coefficient (Wildman–Crippen LogP) is 6.75. The summed E-state index contributed by atoms with van der Waals surface area (Å²) in [6.45, 7) is 5.67. The first-order valence-electron chi connectivity index (χ1n) is 13.5. The molecule has 4 atom stereocenters. The van der Waals surface area contributed by atoms with Crippen molar-refractivity contribution in [3.63, 3.8) is 0 Å². The Balaban J connectivity index is 1.36. The van der Waals surface area contributed by atoms with Crippen molar-refractivity contribution in [1.29, 1.82) is 0 Å². The molecule has 3 aromatic carbocycles. The molecule has 0 radical (unpaired) electrons. The van der Waals surface area contributed by atoms with Crippen molar-refractivity contribution in [3.05, 3.63) is 130 Å². The highest BCUT2D eigenvalue weighted by atomic mass is 32.1. The lowest BCUT2D eigenvalue weighted by Crippen LogP contribution is -2.62. The molecule has 2 heterocycles. The lowest BCUT2D eigenvalue weighted by Gasteiger charge is -2.47. The predicted molar refractivity (Wildman–Crippen MR) is 154 cm³/mol. The van der Waals surface area contributed by atoms with Crippen molar-refractivity contribution in [3.8, 4) is 0 Å². The number of rotatable bonds is 12. The zero-order valence-electron chi connectivity index (χ0n) is 22.0. The lowest BCUT2D eigenvalue weighted by molar-refractivity contribution is -0.200. The number of piperidine rings is 1. The average molecular weight is 528 g/mol. The first kappa shape index (κ1) is 26.8.